The van der Waals surface area contributed by atoms with Crippen LogP contribution in [0.15, 0.2) is 42.6 Å². The quantitative estimate of drug-likeness (QED) is 0.833. The predicted octanol–water partition coefficient (Wildman–Crippen LogP) is 2.83. The molecule has 0 radical (unpaired) electrons. The van der Waals surface area contributed by atoms with Crippen molar-refractivity contribution in [2.24, 2.45) is 0 Å². The Morgan fingerprint density at radius 2 is 1.86 bits per heavy atom. The number of methoxy groups -OCH3 is 1. The zero-order chi connectivity index (χ0) is 15.9. The van der Waals surface area contributed by atoms with Crippen LogP contribution < -0.4 is 10.1 Å². The molecule has 1 N–H and O–H groups in total. The molecule has 0 saturated carbocycles. The van der Waals surface area contributed by atoms with Gasteiger partial charge < -0.3 is 10.1 Å². The first-order valence-electron chi connectivity index (χ1n) is 6.67. The summed E-state index contributed by atoms with van der Waals surface area (Å²) in [6.45, 7) is 0. The molecule has 1 aromatic heterocycles. The normalized spacial score (nSPS) is 10.1. The van der Waals surface area contributed by atoms with Gasteiger partial charge in [-0.3, -0.25) is 9.59 Å². The van der Waals surface area contributed by atoms with Crippen LogP contribution in [0.2, 0.25) is 0 Å². The fraction of sp³-hybridized carbons (Fsp3) is 0.188. The van der Waals surface area contributed by atoms with Crippen molar-refractivity contribution in [3.8, 4) is 5.88 Å². The molecular weight excluding hydrogens is 287 g/mol. The number of nitrogens with one attached hydrogen (secondary N) is 1. The molecule has 0 unspecified atom stereocenters. The van der Waals surface area contributed by atoms with Crippen molar-refractivity contribution in [3.05, 3.63) is 54.0 Å². The van der Waals surface area contributed by atoms with Crippen LogP contribution >= 0.6 is 0 Å². The van der Waals surface area contributed by atoms with Crippen LogP contribution in [0.1, 0.15) is 23.2 Å². The monoisotopic (exact) mass is 302 g/mol. The minimum Gasteiger partial charge on any atom is -0.481 e. The van der Waals surface area contributed by atoms with Gasteiger partial charge in [-0.1, -0.05) is 0 Å². The number of pyridine rings is 1. The lowest BCUT2D eigenvalue weighted by Gasteiger charge is -2.05. The molecule has 0 aliphatic heterocycles. The summed E-state index contributed by atoms with van der Waals surface area (Å²) in [4.78, 5) is 27.6. The number of hydrogen-bond donors (Lipinski definition) is 1. The topological polar surface area (TPSA) is 68.3 Å². The summed E-state index contributed by atoms with van der Waals surface area (Å²) in [7, 11) is 1.50. The van der Waals surface area contributed by atoms with Gasteiger partial charge in [0.25, 0.3) is 0 Å². The smallest absolute Gasteiger partial charge is 0.224 e. The van der Waals surface area contributed by atoms with Crippen molar-refractivity contribution in [2.75, 3.05) is 12.4 Å². The first kappa shape index (κ1) is 15.6. The third-order valence-corrected chi connectivity index (χ3v) is 2.97. The Kier molecular flexibility index (Phi) is 5.19. The SMILES string of the molecule is COc1ccc(NC(=O)CCC(=O)c2ccc(F)cc2)cn1. The molecule has 0 fully saturated rings. The lowest BCUT2D eigenvalue weighted by atomic mass is 10.1. The van der Waals surface area contributed by atoms with Gasteiger partial charge in [-0.05, 0) is 30.3 Å². The van der Waals surface area contributed by atoms with Gasteiger partial charge in [0.2, 0.25) is 11.8 Å². The van der Waals surface area contributed by atoms with Crippen molar-refractivity contribution >= 4 is 17.4 Å². The number of carbonyl (C=O) groups excluding carboxylic acids is 2. The molecule has 1 aromatic carbocycles. The zero-order valence-corrected chi connectivity index (χ0v) is 12.0. The molecule has 0 bridgehead atoms. The number of carbonyl (C=O) groups is 2. The van der Waals surface area contributed by atoms with E-state index in [-0.39, 0.29) is 24.5 Å². The molecular formula is C16H15FN2O3. The first-order chi connectivity index (χ1) is 10.6. The van der Waals surface area contributed by atoms with Crippen molar-refractivity contribution in [3.63, 3.8) is 0 Å². The van der Waals surface area contributed by atoms with Gasteiger partial charge in [0.1, 0.15) is 5.82 Å². The summed E-state index contributed by atoms with van der Waals surface area (Å²) in [5, 5.41) is 2.64. The molecule has 6 heteroatoms. The fourth-order valence-electron chi connectivity index (χ4n) is 1.81. The Balaban J connectivity index is 1.84. The molecule has 22 heavy (non-hydrogen) atoms. The van der Waals surface area contributed by atoms with Crippen LogP contribution in [-0.2, 0) is 4.79 Å². The van der Waals surface area contributed by atoms with E-state index in [0.29, 0.717) is 17.1 Å². The second-order valence-corrected chi connectivity index (χ2v) is 4.57. The standard InChI is InChI=1S/C16H15FN2O3/c1-22-16-9-6-13(10-18-16)19-15(21)8-7-14(20)11-2-4-12(17)5-3-11/h2-6,9-10H,7-8H2,1H3,(H,19,21). The number of aromatic nitrogens is 1. The van der Waals surface area contributed by atoms with Crippen LogP contribution in [0.3, 0.4) is 0 Å². The summed E-state index contributed by atoms with van der Waals surface area (Å²) < 4.78 is 17.7. The average Bonchev–Trinajstić information content (AvgIpc) is 2.54. The number of hydrogen-bond acceptors (Lipinski definition) is 4. The van der Waals surface area contributed by atoms with Crippen LogP contribution in [-0.4, -0.2) is 23.8 Å². The van der Waals surface area contributed by atoms with Gasteiger partial charge >= 0.3 is 0 Å². The Bertz CT molecular complexity index is 654. The molecule has 1 amide bonds. The summed E-state index contributed by atoms with van der Waals surface area (Å²) in [5.41, 5.74) is 0.917. The molecule has 2 aromatic rings. The summed E-state index contributed by atoms with van der Waals surface area (Å²) >= 11 is 0. The van der Waals surface area contributed by atoms with Gasteiger partial charge in [-0.2, -0.15) is 0 Å². The van der Waals surface area contributed by atoms with Crippen molar-refractivity contribution in [1.29, 1.82) is 0 Å². The van der Waals surface area contributed by atoms with E-state index in [2.05, 4.69) is 10.3 Å². The maximum absolute atomic E-state index is 12.8. The molecule has 0 atom stereocenters. The number of anilines is 1. The summed E-state index contributed by atoms with van der Waals surface area (Å²) in [6, 6.07) is 8.53. The van der Waals surface area contributed by atoms with E-state index < -0.39 is 5.82 Å². The van der Waals surface area contributed by atoms with E-state index in [9.17, 15) is 14.0 Å². The Labute approximate surface area is 127 Å². The van der Waals surface area contributed by atoms with E-state index in [1.54, 1.807) is 12.1 Å². The Morgan fingerprint density at radius 1 is 1.14 bits per heavy atom. The van der Waals surface area contributed by atoms with Crippen LogP contribution in [0.25, 0.3) is 0 Å². The van der Waals surface area contributed by atoms with Crippen LogP contribution in [0.5, 0.6) is 5.88 Å². The van der Waals surface area contributed by atoms with Crippen LogP contribution in [0, 0.1) is 5.82 Å². The molecule has 5 nitrogen and oxygen atoms in total. The van der Waals surface area contributed by atoms with Gasteiger partial charge in [-0.25, -0.2) is 9.37 Å². The van der Waals surface area contributed by atoms with E-state index >= 15 is 0 Å². The lowest BCUT2D eigenvalue weighted by molar-refractivity contribution is -0.116. The maximum atomic E-state index is 12.8. The van der Waals surface area contributed by atoms with Gasteiger partial charge in [0.05, 0.1) is 19.0 Å². The molecule has 1 heterocycles. The van der Waals surface area contributed by atoms with Crippen molar-refractivity contribution < 1.29 is 18.7 Å². The molecule has 0 aliphatic carbocycles. The number of Topliss-reactive ketones (excluding diaryl/α,β-unsaturated/α-hetero) is 1. The summed E-state index contributed by atoms with van der Waals surface area (Å²) in [6.07, 6.45) is 1.57. The predicted molar refractivity (Wildman–Crippen MR) is 79.4 cm³/mol. The molecule has 0 spiro atoms. The highest BCUT2D eigenvalue weighted by Crippen LogP contribution is 2.12. The zero-order valence-electron chi connectivity index (χ0n) is 12.0. The Morgan fingerprint density at radius 3 is 2.45 bits per heavy atom. The minimum absolute atomic E-state index is 0.0439. The third-order valence-electron chi connectivity index (χ3n) is 2.97. The third kappa shape index (κ3) is 4.37. The van der Waals surface area contributed by atoms with E-state index in [4.69, 9.17) is 4.74 Å². The highest BCUT2D eigenvalue weighted by Gasteiger charge is 2.10. The second-order valence-electron chi connectivity index (χ2n) is 4.57. The second kappa shape index (κ2) is 7.31. The number of nitrogens with zero attached hydrogens (tertiary/aromatic N) is 1. The number of halogens is 1. The van der Waals surface area contributed by atoms with Gasteiger partial charge in [0, 0.05) is 24.5 Å². The number of rotatable bonds is 6. The highest BCUT2D eigenvalue weighted by atomic mass is 19.1. The largest absolute Gasteiger partial charge is 0.481 e. The number of benzene rings is 1. The molecule has 114 valence electrons. The number of ketones is 1. The van der Waals surface area contributed by atoms with E-state index in [1.165, 1.54) is 37.6 Å². The maximum Gasteiger partial charge on any atom is 0.224 e. The van der Waals surface area contributed by atoms with Gasteiger partial charge in [-0.15, -0.1) is 0 Å². The van der Waals surface area contributed by atoms with E-state index in [1.807, 2.05) is 0 Å². The van der Waals surface area contributed by atoms with Crippen LogP contribution in [0.4, 0.5) is 10.1 Å². The minimum atomic E-state index is -0.402. The molecule has 0 aliphatic rings. The molecule has 0 saturated heterocycles. The molecule has 2 rings (SSSR count). The fourth-order valence-corrected chi connectivity index (χ4v) is 1.81. The Hall–Kier alpha value is -2.76. The number of ether oxygens (including phenoxy) is 1. The van der Waals surface area contributed by atoms with E-state index in [0.717, 1.165) is 0 Å². The first-order valence-corrected chi connectivity index (χ1v) is 6.67. The lowest BCUT2D eigenvalue weighted by Crippen LogP contribution is -2.13. The van der Waals surface area contributed by atoms with Crippen molar-refractivity contribution in [1.82, 2.24) is 4.98 Å². The van der Waals surface area contributed by atoms with Gasteiger partial charge in [0.15, 0.2) is 5.78 Å². The average molecular weight is 302 g/mol. The summed E-state index contributed by atoms with van der Waals surface area (Å²) in [5.74, 6) is -0.448. The van der Waals surface area contributed by atoms with Crippen molar-refractivity contribution in [2.45, 2.75) is 12.8 Å². The number of amides is 1. The highest BCUT2D eigenvalue weighted by molar-refractivity contribution is 5.99.